The summed E-state index contributed by atoms with van der Waals surface area (Å²) in [6.45, 7) is 10.6. The van der Waals surface area contributed by atoms with Gasteiger partial charge in [0.05, 0.1) is 6.54 Å². The highest BCUT2D eigenvalue weighted by Crippen LogP contribution is 2.19. The van der Waals surface area contributed by atoms with Crippen molar-refractivity contribution in [1.29, 1.82) is 0 Å². The number of rotatable bonds is 16. The SMILES string of the molecule is CCO[Si](CCCN(CCOc1ccc(C(=O)C(C)(C)O)cc1)C(=O)O)(OCC)OCC. The Kier molecular flexibility index (Phi) is 11.9. The van der Waals surface area contributed by atoms with E-state index in [0.717, 1.165) is 0 Å². The third kappa shape index (κ3) is 9.25. The van der Waals surface area contributed by atoms with Gasteiger partial charge in [-0.25, -0.2) is 4.79 Å². The van der Waals surface area contributed by atoms with Gasteiger partial charge in [-0.2, -0.15) is 0 Å². The minimum atomic E-state index is -2.81. The van der Waals surface area contributed by atoms with Crippen LogP contribution in [-0.2, 0) is 13.3 Å². The summed E-state index contributed by atoms with van der Waals surface area (Å²) in [5.41, 5.74) is -1.07. The van der Waals surface area contributed by atoms with E-state index in [9.17, 15) is 19.8 Å². The Balaban J connectivity index is 2.58. The number of aliphatic hydroxyl groups is 1. The van der Waals surface area contributed by atoms with E-state index in [0.29, 0.717) is 50.1 Å². The van der Waals surface area contributed by atoms with Crippen LogP contribution in [0.1, 0.15) is 51.4 Å². The number of hydrogen-bond donors (Lipinski definition) is 2. The summed E-state index contributed by atoms with van der Waals surface area (Å²) in [5, 5.41) is 19.3. The number of nitrogens with zero attached hydrogens (tertiary/aromatic N) is 1. The monoisotopic (exact) mass is 471 g/mol. The molecule has 0 saturated carbocycles. The number of carbonyl (C=O) groups is 2. The molecule has 9 nitrogen and oxygen atoms in total. The lowest BCUT2D eigenvalue weighted by Gasteiger charge is -2.29. The maximum atomic E-state index is 12.1. The second kappa shape index (κ2) is 13.5. The summed E-state index contributed by atoms with van der Waals surface area (Å²) < 4.78 is 23.0. The molecular formula is C22H37NO8Si. The first-order valence-corrected chi connectivity index (χ1v) is 12.9. The van der Waals surface area contributed by atoms with Crippen molar-refractivity contribution in [2.75, 3.05) is 39.5 Å². The average Bonchev–Trinajstić information content (AvgIpc) is 2.72. The molecule has 10 heteroatoms. The first-order chi connectivity index (χ1) is 15.1. The molecule has 182 valence electrons. The van der Waals surface area contributed by atoms with Crippen molar-refractivity contribution < 1.29 is 37.8 Å². The zero-order valence-corrected chi connectivity index (χ0v) is 20.8. The number of hydrogen-bond acceptors (Lipinski definition) is 7. The summed E-state index contributed by atoms with van der Waals surface area (Å²) in [6.07, 6.45) is -0.483. The normalized spacial score (nSPS) is 11.9. The van der Waals surface area contributed by atoms with Crippen LogP contribution in [0.15, 0.2) is 24.3 Å². The van der Waals surface area contributed by atoms with Crippen LogP contribution in [0, 0.1) is 0 Å². The lowest BCUT2D eigenvalue weighted by molar-refractivity contribution is 0.0488. The van der Waals surface area contributed by atoms with Gasteiger partial charge in [-0.15, -0.1) is 0 Å². The van der Waals surface area contributed by atoms with Gasteiger partial charge in [0.25, 0.3) is 0 Å². The second-order valence-corrected chi connectivity index (χ2v) is 10.3. The molecule has 0 atom stereocenters. The number of carbonyl (C=O) groups excluding carboxylic acids is 1. The molecule has 0 fully saturated rings. The zero-order chi connectivity index (χ0) is 24.2. The number of amides is 1. The first kappa shape index (κ1) is 28.1. The maximum Gasteiger partial charge on any atom is 0.500 e. The van der Waals surface area contributed by atoms with Crippen LogP contribution in [0.2, 0.25) is 6.04 Å². The van der Waals surface area contributed by atoms with Crippen LogP contribution in [0.25, 0.3) is 0 Å². The van der Waals surface area contributed by atoms with Crippen LogP contribution < -0.4 is 4.74 Å². The van der Waals surface area contributed by atoms with E-state index >= 15 is 0 Å². The Labute approximate surface area is 191 Å². The van der Waals surface area contributed by atoms with Crippen molar-refractivity contribution in [3.8, 4) is 5.75 Å². The van der Waals surface area contributed by atoms with Crippen molar-refractivity contribution in [3.05, 3.63) is 29.8 Å². The van der Waals surface area contributed by atoms with E-state index in [1.54, 1.807) is 24.3 Å². The van der Waals surface area contributed by atoms with Gasteiger partial charge < -0.3 is 33.1 Å². The van der Waals surface area contributed by atoms with E-state index in [2.05, 4.69) is 0 Å². The molecule has 0 aliphatic heterocycles. The Morgan fingerprint density at radius 2 is 1.50 bits per heavy atom. The Bertz CT molecular complexity index is 688. The van der Waals surface area contributed by atoms with Gasteiger partial charge >= 0.3 is 14.9 Å². The summed E-state index contributed by atoms with van der Waals surface area (Å²) in [5.74, 6) is 0.130. The fourth-order valence-electron chi connectivity index (χ4n) is 3.12. The molecule has 1 aromatic rings. The molecule has 2 N–H and O–H groups in total. The summed E-state index contributed by atoms with van der Waals surface area (Å²) >= 11 is 0. The minimum Gasteiger partial charge on any atom is -0.492 e. The van der Waals surface area contributed by atoms with E-state index in [4.69, 9.17) is 18.0 Å². The van der Waals surface area contributed by atoms with Gasteiger partial charge in [0.1, 0.15) is 18.0 Å². The smallest absolute Gasteiger partial charge is 0.492 e. The van der Waals surface area contributed by atoms with E-state index in [-0.39, 0.29) is 18.9 Å². The lowest BCUT2D eigenvalue weighted by atomic mass is 9.97. The Hall–Kier alpha value is -1.98. The van der Waals surface area contributed by atoms with Crippen LogP contribution in [0.4, 0.5) is 4.79 Å². The average molecular weight is 472 g/mol. The van der Waals surface area contributed by atoms with Crippen LogP contribution in [0.3, 0.4) is 0 Å². The van der Waals surface area contributed by atoms with Gasteiger partial charge in [-0.05, 0) is 65.3 Å². The Morgan fingerprint density at radius 1 is 0.969 bits per heavy atom. The largest absolute Gasteiger partial charge is 0.500 e. The predicted molar refractivity (Wildman–Crippen MR) is 122 cm³/mol. The van der Waals surface area contributed by atoms with Crippen molar-refractivity contribution in [2.24, 2.45) is 0 Å². The molecule has 1 amide bonds. The number of Topliss-reactive ketones (excluding diaryl/α,β-unsaturated/α-hetero) is 1. The number of ketones is 1. The van der Waals surface area contributed by atoms with Gasteiger partial charge in [0.2, 0.25) is 0 Å². The van der Waals surface area contributed by atoms with Crippen molar-refractivity contribution in [3.63, 3.8) is 0 Å². The summed E-state index contributed by atoms with van der Waals surface area (Å²) in [4.78, 5) is 25.0. The van der Waals surface area contributed by atoms with Crippen molar-refractivity contribution in [1.82, 2.24) is 4.90 Å². The van der Waals surface area contributed by atoms with Crippen LogP contribution in [0.5, 0.6) is 5.75 Å². The highest BCUT2D eigenvalue weighted by atomic mass is 28.4. The standard InChI is InChI=1S/C22H37NO8Si/c1-6-29-32(30-7-2,31-8-3)17-9-14-23(21(25)26)15-16-28-19-12-10-18(11-13-19)20(24)22(4,5)27/h10-13,27H,6-9,14-17H2,1-5H3,(H,25,26). The van der Waals surface area contributed by atoms with Gasteiger partial charge in [0, 0.05) is 38.0 Å². The number of ether oxygens (including phenoxy) is 1. The minimum absolute atomic E-state index is 0.163. The lowest BCUT2D eigenvalue weighted by Crippen LogP contribution is -2.46. The molecule has 0 heterocycles. The van der Waals surface area contributed by atoms with Gasteiger partial charge in [-0.1, -0.05) is 0 Å². The fraction of sp³-hybridized carbons (Fsp3) is 0.636. The maximum absolute atomic E-state index is 12.1. The third-order valence-electron chi connectivity index (χ3n) is 4.58. The number of benzene rings is 1. The molecule has 1 aromatic carbocycles. The van der Waals surface area contributed by atoms with Crippen LogP contribution >= 0.6 is 0 Å². The van der Waals surface area contributed by atoms with Crippen molar-refractivity contribution in [2.45, 2.75) is 52.7 Å². The molecule has 0 aliphatic carbocycles. The summed E-state index contributed by atoms with van der Waals surface area (Å²) in [7, 11) is -2.81. The third-order valence-corrected chi connectivity index (χ3v) is 7.73. The molecule has 0 aromatic heterocycles. The molecule has 0 spiro atoms. The molecule has 0 unspecified atom stereocenters. The highest BCUT2D eigenvalue weighted by Gasteiger charge is 2.39. The molecule has 0 bridgehead atoms. The first-order valence-electron chi connectivity index (χ1n) is 11.0. The number of carboxylic acid groups (broad SMARTS) is 1. The van der Waals surface area contributed by atoms with E-state index in [1.807, 2.05) is 20.8 Å². The molecule has 0 saturated heterocycles. The van der Waals surface area contributed by atoms with Crippen LogP contribution in [-0.4, -0.2) is 80.9 Å². The van der Waals surface area contributed by atoms with E-state index in [1.165, 1.54) is 18.7 Å². The molecule has 0 radical (unpaired) electrons. The zero-order valence-electron chi connectivity index (χ0n) is 19.8. The van der Waals surface area contributed by atoms with E-state index < -0.39 is 20.5 Å². The molecule has 1 rings (SSSR count). The molecule has 32 heavy (non-hydrogen) atoms. The summed E-state index contributed by atoms with van der Waals surface area (Å²) in [6, 6.07) is 6.92. The molecule has 0 aliphatic rings. The Morgan fingerprint density at radius 3 is 1.94 bits per heavy atom. The fourth-order valence-corrected chi connectivity index (χ4v) is 5.71. The molecular weight excluding hydrogens is 434 g/mol. The predicted octanol–water partition coefficient (Wildman–Crippen LogP) is 3.44. The quantitative estimate of drug-likeness (QED) is 0.278. The van der Waals surface area contributed by atoms with Gasteiger partial charge in [-0.3, -0.25) is 4.79 Å². The van der Waals surface area contributed by atoms with Gasteiger partial charge in [0.15, 0.2) is 5.78 Å². The topological polar surface area (TPSA) is 115 Å². The second-order valence-electron chi connectivity index (χ2n) is 7.62. The van der Waals surface area contributed by atoms with Crippen molar-refractivity contribution >= 4 is 20.7 Å². The highest BCUT2D eigenvalue weighted by molar-refractivity contribution is 6.60.